The van der Waals surface area contributed by atoms with Gasteiger partial charge >= 0.3 is 0 Å². The molecule has 7 heteroatoms. The average Bonchev–Trinajstić information content (AvgIpc) is 2.97. The van der Waals surface area contributed by atoms with E-state index in [1.165, 1.54) is 10.5 Å². The Labute approximate surface area is 194 Å². The number of imide groups is 1. The molecule has 4 rings (SSSR count). The van der Waals surface area contributed by atoms with Gasteiger partial charge in [-0.1, -0.05) is 38.1 Å². The van der Waals surface area contributed by atoms with Crippen molar-refractivity contribution in [2.75, 3.05) is 33.3 Å². The second-order valence-electron chi connectivity index (χ2n) is 9.02. The number of carbonyl (C=O) groups excluding carboxylic acids is 3. The van der Waals surface area contributed by atoms with Gasteiger partial charge in [-0.3, -0.25) is 24.2 Å². The van der Waals surface area contributed by atoms with Crippen LogP contribution < -0.4 is 4.74 Å². The number of carbonyl (C=O) groups is 3. The predicted octanol–water partition coefficient (Wildman–Crippen LogP) is 3.05. The van der Waals surface area contributed by atoms with Gasteiger partial charge in [-0.15, -0.1) is 0 Å². The summed E-state index contributed by atoms with van der Waals surface area (Å²) in [4.78, 5) is 45.0. The number of hydrogen-bond donors (Lipinski definition) is 0. The van der Waals surface area contributed by atoms with Gasteiger partial charge in [0.2, 0.25) is 5.91 Å². The molecule has 1 fully saturated rings. The molecule has 0 saturated carbocycles. The highest BCUT2D eigenvalue weighted by Crippen LogP contribution is 2.28. The Kier molecular flexibility index (Phi) is 6.79. The molecule has 0 N–H and O–H groups in total. The van der Waals surface area contributed by atoms with Crippen molar-refractivity contribution in [1.29, 1.82) is 0 Å². The molecule has 0 aromatic heterocycles. The van der Waals surface area contributed by atoms with Gasteiger partial charge in [-0.2, -0.15) is 0 Å². The summed E-state index contributed by atoms with van der Waals surface area (Å²) < 4.78 is 5.23. The number of ether oxygens (including phenoxy) is 1. The highest BCUT2D eigenvalue weighted by atomic mass is 16.5. The van der Waals surface area contributed by atoms with Crippen LogP contribution in [0.5, 0.6) is 5.75 Å². The summed E-state index contributed by atoms with van der Waals surface area (Å²) in [6.45, 7) is 7.39. The molecule has 3 amide bonds. The molecule has 0 aliphatic carbocycles. The molecular weight excluding hydrogens is 418 g/mol. The second kappa shape index (κ2) is 9.75. The van der Waals surface area contributed by atoms with E-state index in [0.717, 1.165) is 31.8 Å². The van der Waals surface area contributed by atoms with Crippen LogP contribution in [0.2, 0.25) is 0 Å². The fourth-order valence-corrected chi connectivity index (χ4v) is 4.68. The van der Waals surface area contributed by atoms with Crippen molar-refractivity contribution in [2.45, 2.75) is 32.9 Å². The number of nitrogens with zero attached hydrogens (tertiary/aromatic N) is 3. The Morgan fingerprint density at radius 3 is 2.12 bits per heavy atom. The van der Waals surface area contributed by atoms with Gasteiger partial charge in [0, 0.05) is 32.7 Å². The summed E-state index contributed by atoms with van der Waals surface area (Å²) in [5.41, 5.74) is 1.95. The summed E-state index contributed by atoms with van der Waals surface area (Å²) in [5, 5.41) is 0. The fraction of sp³-hybridized carbons (Fsp3) is 0.423. The Morgan fingerprint density at radius 2 is 1.55 bits per heavy atom. The van der Waals surface area contributed by atoms with Crippen LogP contribution in [-0.2, 0) is 11.3 Å². The van der Waals surface area contributed by atoms with Gasteiger partial charge in [0.1, 0.15) is 11.8 Å². The summed E-state index contributed by atoms with van der Waals surface area (Å²) in [7, 11) is 1.65. The van der Waals surface area contributed by atoms with Crippen molar-refractivity contribution < 1.29 is 19.1 Å². The summed E-state index contributed by atoms with van der Waals surface area (Å²) >= 11 is 0. The number of hydrogen-bond acceptors (Lipinski definition) is 5. The van der Waals surface area contributed by atoms with Crippen LogP contribution in [0.1, 0.15) is 46.5 Å². The zero-order valence-electron chi connectivity index (χ0n) is 19.5. The monoisotopic (exact) mass is 449 g/mol. The van der Waals surface area contributed by atoms with Gasteiger partial charge in [0.25, 0.3) is 11.8 Å². The molecule has 0 bridgehead atoms. The topological polar surface area (TPSA) is 70.2 Å². The van der Waals surface area contributed by atoms with Crippen LogP contribution in [0.25, 0.3) is 0 Å². The van der Waals surface area contributed by atoms with Crippen molar-refractivity contribution in [1.82, 2.24) is 14.7 Å². The first-order chi connectivity index (χ1) is 15.9. The molecule has 7 nitrogen and oxygen atoms in total. The lowest BCUT2D eigenvalue weighted by molar-refractivity contribution is -0.136. The number of fused-ring (bicyclic) bond motifs is 1. The SMILES string of the molecule is COc1ccc(CN2CCCN(C(=O)C(C(C)C)N3C(=O)c4ccccc4C3=O)CC2)cc1. The van der Waals surface area contributed by atoms with E-state index in [0.29, 0.717) is 24.2 Å². The Balaban J connectivity index is 1.45. The number of benzene rings is 2. The molecule has 1 unspecified atom stereocenters. The normalized spacial score (nSPS) is 17.8. The first kappa shape index (κ1) is 23.0. The zero-order chi connectivity index (χ0) is 23.5. The predicted molar refractivity (Wildman–Crippen MR) is 125 cm³/mol. The molecule has 2 aliphatic heterocycles. The van der Waals surface area contributed by atoms with Crippen LogP contribution in [0, 0.1) is 5.92 Å². The van der Waals surface area contributed by atoms with Crippen LogP contribution in [0.4, 0.5) is 0 Å². The molecule has 2 heterocycles. The first-order valence-corrected chi connectivity index (χ1v) is 11.5. The van der Waals surface area contributed by atoms with Crippen molar-refractivity contribution in [3.63, 3.8) is 0 Å². The van der Waals surface area contributed by atoms with Gasteiger partial charge in [-0.05, 0) is 42.2 Å². The van der Waals surface area contributed by atoms with E-state index in [9.17, 15) is 14.4 Å². The average molecular weight is 450 g/mol. The van der Waals surface area contributed by atoms with Gasteiger partial charge in [0.15, 0.2) is 0 Å². The number of rotatable bonds is 6. The molecule has 2 aromatic rings. The Bertz CT molecular complexity index is 999. The maximum Gasteiger partial charge on any atom is 0.262 e. The maximum absolute atomic E-state index is 13.6. The molecule has 33 heavy (non-hydrogen) atoms. The first-order valence-electron chi connectivity index (χ1n) is 11.5. The lowest BCUT2D eigenvalue weighted by atomic mass is 10.0. The fourth-order valence-electron chi connectivity index (χ4n) is 4.68. The van der Waals surface area contributed by atoms with Crippen LogP contribution >= 0.6 is 0 Å². The smallest absolute Gasteiger partial charge is 0.262 e. The lowest BCUT2D eigenvalue weighted by Gasteiger charge is -2.33. The van der Waals surface area contributed by atoms with Crippen molar-refractivity contribution in [3.05, 3.63) is 65.2 Å². The third-order valence-corrected chi connectivity index (χ3v) is 6.45. The Hall–Kier alpha value is -3.19. The van der Waals surface area contributed by atoms with Crippen molar-refractivity contribution in [2.24, 2.45) is 5.92 Å². The summed E-state index contributed by atoms with van der Waals surface area (Å²) in [6, 6.07) is 14.0. The highest BCUT2D eigenvalue weighted by molar-refractivity contribution is 6.22. The number of amides is 3. The second-order valence-corrected chi connectivity index (χ2v) is 9.02. The van der Waals surface area contributed by atoms with E-state index in [4.69, 9.17) is 4.74 Å². The van der Waals surface area contributed by atoms with Crippen molar-refractivity contribution >= 4 is 17.7 Å². The molecule has 0 spiro atoms. The van der Waals surface area contributed by atoms with E-state index in [-0.39, 0.29) is 23.6 Å². The van der Waals surface area contributed by atoms with Gasteiger partial charge in [-0.25, -0.2) is 0 Å². The van der Waals surface area contributed by atoms with Gasteiger partial charge in [0.05, 0.1) is 18.2 Å². The molecule has 0 radical (unpaired) electrons. The van der Waals surface area contributed by atoms with E-state index >= 15 is 0 Å². The van der Waals surface area contributed by atoms with E-state index in [1.807, 2.05) is 30.9 Å². The molecule has 1 saturated heterocycles. The minimum Gasteiger partial charge on any atom is -0.497 e. The quantitative estimate of drug-likeness (QED) is 0.634. The highest BCUT2D eigenvalue weighted by Gasteiger charge is 2.45. The largest absolute Gasteiger partial charge is 0.497 e. The van der Waals surface area contributed by atoms with E-state index in [2.05, 4.69) is 17.0 Å². The number of methoxy groups -OCH3 is 1. The Morgan fingerprint density at radius 1 is 0.909 bits per heavy atom. The van der Waals surface area contributed by atoms with Crippen LogP contribution in [0.3, 0.4) is 0 Å². The molecule has 2 aromatic carbocycles. The summed E-state index contributed by atoms with van der Waals surface area (Å²) in [6.07, 6.45) is 0.842. The van der Waals surface area contributed by atoms with E-state index in [1.54, 1.807) is 31.4 Å². The van der Waals surface area contributed by atoms with Crippen LogP contribution in [0.15, 0.2) is 48.5 Å². The third kappa shape index (κ3) is 4.64. The molecule has 1 atom stereocenters. The molecular formula is C26H31N3O4. The van der Waals surface area contributed by atoms with Gasteiger partial charge < -0.3 is 9.64 Å². The van der Waals surface area contributed by atoms with Crippen LogP contribution in [-0.4, -0.2) is 71.8 Å². The minimum absolute atomic E-state index is 0.147. The zero-order valence-corrected chi connectivity index (χ0v) is 19.5. The van der Waals surface area contributed by atoms with E-state index < -0.39 is 6.04 Å². The lowest BCUT2D eigenvalue weighted by Crippen LogP contribution is -2.54. The minimum atomic E-state index is -0.800. The molecule has 2 aliphatic rings. The molecule has 174 valence electrons. The standard InChI is InChI=1S/C26H31N3O4/c1-18(2)23(29-24(30)21-7-4-5-8-22(21)25(29)31)26(32)28-14-6-13-27(15-16-28)17-19-9-11-20(33-3)12-10-19/h4-5,7-12,18,23H,6,13-17H2,1-3H3. The third-order valence-electron chi connectivity index (χ3n) is 6.45. The maximum atomic E-state index is 13.6. The summed E-state index contributed by atoms with van der Waals surface area (Å²) in [5.74, 6) is -0.249. The van der Waals surface area contributed by atoms with Crippen molar-refractivity contribution in [3.8, 4) is 5.75 Å².